The molecule has 0 aliphatic heterocycles. The molecule has 3 rings (SSSR count). The molecule has 0 saturated heterocycles. The second-order valence-corrected chi connectivity index (χ2v) is 8.52. The lowest BCUT2D eigenvalue weighted by molar-refractivity contribution is -0.123. The van der Waals surface area contributed by atoms with Gasteiger partial charge in [-0.15, -0.1) is 0 Å². The maximum absolute atomic E-state index is 13.1. The molecular formula is C23H22FN3O6S. The van der Waals surface area contributed by atoms with E-state index >= 15 is 0 Å². The van der Waals surface area contributed by atoms with E-state index in [9.17, 15) is 22.4 Å². The first-order chi connectivity index (χ1) is 16.3. The molecule has 0 aliphatic carbocycles. The van der Waals surface area contributed by atoms with E-state index in [2.05, 4.69) is 15.6 Å². The van der Waals surface area contributed by atoms with E-state index in [-0.39, 0.29) is 21.9 Å². The van der Waals surface area contributed by atoms with Gasteiger partial charge in [0.1, 0.15) is 17.3 Å². The van der Waals surface area contributed by atoms with E-state index in [1.807, 2.05) is 6.92 Å². The number of amides is 2. The predicted octanol–water partition coefficient (Wildman–Crippen LogP) is 2.87. The summed E-state index contributed by atoms with van der Waals surface area (Å²) in [5, 5.41) is 0. The van der Waals surface area contributed by atoms with E-state index in [0.29, 0.717) is 12.4 Å². The summed E-state index contributed by atoms with van der Waals surface area (Å²) >= 11 is 0. The van der Waals surface area contributed by atoms with Crippen LogP contribution >= 0.6 is 0 Å². The maximum atomic E-state index is 13.1. The molecule has 0 saturated carbocycles. The highest BCUT2D eigenvalue weighted by atomic mass is 32.2. The summed E-state index contributed by atoms with van der Waals surface area (Å²) in [7, 11) is -3.83. The number of sulfonamides is 1. The highest BCUT2D eigenvalue weighted by Gasteiger charge is 2.15. The Labute approximate surface area is 195 Å². The van der Waals surface area contributed by atoms with E-state index in [4.69, 9.17) is 9.47 Å². The van der Waals surface area contributed by atoms with Crippen molar-refractivity contribution in [3.05, 3.63) is 84.2 Å². The molecule has 0 atom stereocenters. The highest BCUT2D eigenvalue weighted by molar-refractivity contribution is 7.92. The van der Waals surface area contributed by atoms with Gasteiger partial charge in [0.2, 0.25) is 0 Å². The second kappa shape index (κ2) is 11.1. The molecule has 11 heteroatoms. The average Bonchev–Trinajstić information content (AvgIpc) is 2.82. The first-order valence-electron chi connectivity index (χ1n) is 10.1. The predicted molar refractivity (Wildman–Crippen MR) is 122 cm³/mol. The lowest BCUT2D eigenvalue weighted by Crippen LogP contribution is -2.43. The van der Waals surface area contributed by atoms with Gasteiger partial charge in [0, 0.05) is 17.3 Å². The molecule has 9 nitrogen and oxygen atoms in total. The summed E-state index contributed by atoms with van der Waals surface area (Å²) in [6.07, 6.45) is 0. The zero-order valence-corrected chi connectivity index (χ0v) is 18.9. The fraction of sp³-hybridized carbons (Fsp3) is 0.130. The largest absolute Gasteiger partial charge is 0.494 e. The molecule has 34 heavy (non-hydrogen) atoms. The molecular weight excluding hydrogens is 465 g/mol. The topological polar surface area (TPSA) is 123 Å². The third kappa shape index (κ3) is 6.94. The van der Waals surface area contributed by atoms with Crippen LogP contribution in [0.5, 0.6) is 11.5 Å². The molecule has 0 fully saturated rings. The highest BCUT2D eigenvalue weighted by Crippen LogP contribution is 2.20. The van der Waals surface area contributed by atoms with Gasteiger partial charge in [0.15, 0.2) is 6.61 Å². The monoisotopic (exact) mass is 487 g/mol. The van der Waals surface area contributed by atoms with Crippen molar-refractivity contribution in [1.82, 2.24) is 10.9 Å². The summed E-state index contributed by atoms with van der Waals surface area (Å²) in [6, 6.07) is 16.9. The minimum Gasteiger partial charge on any atom is -0.494 e. The number of carbonyl (C=O) groups excluding carboxylic acids is 2. The van der Waals surface area contributed by atoms with Crippen molar-refractivity contribution in [3.63, 3.8) is 0 Å². The van der Waals surface area contributed by atoms with Crippen LogP contribution in [0.2, 0.25) is 0 Å². The van der Waals surface area contributed by atoms with Crippen LogP contribution in [-0.2, 0) is 14.8 Å². The van der Waals surface area contributed by atoms with E-state index in [1.165, 1.54) is 54.6 Å². The van der Waals surface area contributed by atoms with E-state index < -0.39 is 34.3 Å². The normalized spacial score (nSPS) is 10.8. The Kier molecular flexibility index (Phi) is 8.04. The number of halogens is 1. The lowest BCUT2D eigenvalue weighted by atomic mass is 10.2. The minimum absolute atomic E-state index is 0.0564. The van der Waals surface area contributed by atoms with Crippen molar-refractivity contribution in [2.45, 2.75) is 11.8 Å². The van der Waals surface area contributed by atoms with Gasteiger partial charge in [-0.3, -0.25) is 25.2 Å². The van der Waals surface area contributed by atoms with Crippen molar-refractivity contribution in [1.29, 1.82) is 0 Å². The molecule has 0 heterocycles. The van der Waals surface area contributed by atoms with Crippen molar-refractivity contribution in [2.24, 2.45) is 0 Å². The summed E-state index contributed by atoms with van der Waals surface area (Å²) < 4.78 is 51.0. The molecule has 178 valence electrons. The van der Waals surface area contributed by atoms with Crippen molar-refractivity contribution in [2.75, 3.05) is 17.9 Å². The Morgan fingerprint density at radius 1 is 0.882 bits per heavy atom. The number of rotatable bonds is 9. The van der Waals surface area contributed by atoms with E-state index in [0.717, 1.165) is 6.07 Å². The molecule has 2 amide bonds. The van der Waals surface area contributed by atoms with Gasteiger partial charge in [-0.25, -0.2) is 12.8 Å². The molecule has 0 radical (unpaired) electrons. The number of carbonyl (C=O) groups is 2. The molecule has 3 aromatic carbocycles. The van der Waals surface area contributed by atoms with Crippen LogP contribution in [0.15, 0.2) is 77.7 Å². The number of ether oxygens (including phenoxy) is 2. The molecule has 0 aromatic heterocycles. The molecule has 0 aliphatic rings. The van der Waals surface area contributed by atoms with Crippen molar-refractivity contribution < 1.29 is 31.9 Å². The lowest BCUT2D eigenvalue weighted by Gasteiger charge is -2.11. The molecule has 0 unspecified atom stereocenters. The SMILES string of the molecule is CCOc1ccc(S(=O)(=O)Nc2ccc(C(=O)NNC(=O)COc3cccc(F)c3)cc2)cc1. The zero-order valence-electron chi connectivity index (χ0n) is 18.1. The zero-order chi connectivity index (χ0) is 24.6. The van der Waals surface area contributed by atoms with Gasteiger partial charge in [0.25, 0.3) is 21.8 Å². The maximum Gasteiger partial charge on any atom is 0.276 e. The summed E-state index contributed by atoms with van der Waals surface area (Å²) in [5.41, 5.74) is 4.81. The fourth-order valence-corrected chi connectivity index (χ4v) is 3.78. The molecule has 3 aromatic rings. The smallest absolute Gasteiger partial charge is 0.276 e. The number of hydrogen-bond acceptors (Lipinski definition) is 6. The Morgan fingerprint density at radius 3 is 2.24 bits per heavy atom. The van der Waals surface area contributed by atoms with Gasteiger partial charge in [-0.1, -0.05) is 6.07 Å². The van der Waals surface area contributed by atoms with Crippen molar-refractivity contribution >= 4 is 27.5 Å². The van der Waals surface area contributed by atoms with Crippen LogP contribution in [0.4, 0.5) is 10.1 Å². The Balaban J connectivity index is 1.51. The number of hydrazine groups is 1. The first-order valence-corrected chi connectivity index (χ1v) is 11.6. The number of hydrogen-bond donors (Lipinski definition) is 3. The van der Waals surface area contributed by atoms with Gasteiger partial charge >= 0.3 is 0 Å². The van der Waals surface area contributed by atoms with Gasteiger partial charge in [-0.05, 0) is 67.6 Å². The Bertz CT molecular complexity index is 1250. The standard InChI is InChI=1S/C23H22FN3O6S/c1-2-32-19-10-12-21(13-11-19)34(30,31)27-18-8-6-16(7-9-18)23(29)26-25-22(28)15-33-20-5-3-4-17(24)14-20/h3-14,27H,2,15H2,1H3,(H,25,28)(H,26,29). The van der Waals surface area contributed by atoms with Crippen LogP contribution in [0, 0.1) is 5.82 Å². The quantitative estimate of drug-likeness (QED) is 0.399. The number of nitrogens with one attached hydrogen (secondary N) is 3. The third-order valence-corrected chi connectivity index (χ3v) is 5.72. The van der Waals surface area contributed by atoms with Crippen molar-refractivity contribution in [3.8, 4) is 11.5 Å². The number of anilines is 1. The van der Waals surface area contributed by atoms with Crippen LogP contribution in [0.1, 0.15) is 17.3 Å². The van der Waals surface area contributed by atoms with Crippen LogP contribution < -0.4 is 25.0 Å². The van der Waals surface area contributed by atoms with Crippen LogP contribution in [0.25, 0.3) is 0 Å². The van der Waals surface area contributed by atoms with Gasteiger partial charge in [-0.2, -0.15) is 0 Å². The molecule has 0 bridgehead atoms. The second-order valence-electron chi connectivity index (χ2n) is 6.84. The third-order valence-electron chi connectivity index (χ3n) is 4.33. The summed E-state index contributed by atoms with van der Waals surface area (Å²) in [6.45, 7) is 1.86. The summed E-state index contributed by atoms with van der Waals surface area (Å²) in [5.74, 6) is -1.05. The van der Waals surface area contributed by atoms with Gasteiger partial charge in [0.05, 0.1) is 11.5 Å². The average molecular weight is 488 g/mol. The van der Waals surface area contributed by atoms with Gasteiger partial charge < -0.3 is 9.47 Å². The Hall–Kier alpha value is -4.12. The van der Waals surface area contributed by atoms with Crippen LogP contribution in [-0.4, -0.2) is 33.4 Å². The molecule has 3 N–H and O–H groups in total. The molecule has 0 spiro atoms. The fourth-order valence-electron chi connectivity index (χ4n) is 2.73. The first kappa shape index (κ1) is 24.5. The van der Waals surface area contributed by atoms with E-state index in [1.54, 1.807) is 12.1 Å². The van der Waals surface area contributed by atoms with Crippen LogP contribution in [0.3, 0.4) is 0 Å². The minimum atomic E-state index is -3.83. The number of benzene rings is 3. The Morgan fingerprint density at radius 2 is 1.59 bits per heavy atom. The summed E-state index contributed by atoms with van der Waals surface area (Å²) in [4.78, 5) is 24.1.